The highest BCUT2D eigenvalue weighted by Gasteiger charge is 2.28. The Morgan fingerprint density at radius 2 is 2.20 bits per heavy atom. The summed E-state index contributed by atoms with van der Waals surface area (Å²) in [6.45, 7) is 1.88. The molecule has 2 aromatic rings. The van der Waals surface area contributed by atoms with Crippen molar-refractivity contribution in [3.05, 3.63) is 46.5 Å². The van der Waals surface area contributed by atoms with Crippen LogP contribution in [-0.4, -0.2) is 21.1 Å². The van der Waals surface area contributed by atoms with Crippen LogP contribution in [0.4, 0.5) is 0 Å². The van der Waals surface area contributed by atoms with Gasteiger partial charge in [0.05, 0.1) is 6.04 Å². The van der Waals surface area contributed by atoms with Crippen LogP contribution in [0.25, 0.3) is 0 Å². The Hall–Kier alpha value is -1.88. The number of H-pyrrole nitrogens is 1. The Balaban J connectivity index is 1.70. The van der Waals surface area contributed by atoms with Crippen molar-refractivity contribution < 1.29 is 4.79 Å². The van der Waals surface area contributed by atoms with Gasteiger partial charge in [-0.2, -0.15) is 0 Å². The number of halogens is 1. The van der Waals surface area contributed by atoms with Gasteiger partial charge in [-0.1, -0.05) is 29.8 Å². The summed E-state index contributed by atoms with van der Waals surface area (Å²) in [7, 11) is 0. The molecule has 1 aromatic carbocycles. The van der Waals surface area contributed by atoms with Gasteiger partial charge in [0.2, 0.25) is 5.82 Å². The number of aromatic amines is 1. The van der Waals surface area contributed by atoms with E-state index in [4.69, 9.17) is 11.6 Å². The van der Waals surface area contributed by atoms with Crippen LogP contribution in [0.2, 0.25) is 5.02 Å². The van der Waals surface area contributed by atoms with Crippen LogP contribution in [0.3, 0.4) is 0 Å². The number of aromatic nitrogens is 3. The van der Waals surface area contributed by atoms with Crippen molar-refractivity contribution in [1.29, 1.82) is 0 Å². The molecule has 0 aliphatic heterocycles. The molecule has 1 unspecified atom stereocenters. The highest BCUT2D eigenvalue weighted by molar-refractivity contribution is 6.31. The lowest BCUT2D eigenvalue weighted by molar-refractivity contribution is 0.0929. The quantitative estimate of drug-likeness (QED) is 0.909. The highest BCUT2D eigenvalue weighted by atomic mass is 35.5. The van der Waals surface area contributed by atoms with Crippen LogP contribution in [0.15, 0.2) is 24.3 Å². The summed E-state index contributed by atoms with van der Waals surface area (Å²) in [6.07, 6.45) is 2.23. The second-order valence-corrected chi connectivity index (χ2v) is 5.44. The lowest BCUT2D eigenvalue weighted by atomic mass is 10.1. The summed E-state index contributed by atoms with van der Waals surface area (Å²) < 4.78 is 0. The van der Waals surface area contributed by atoms with Crippen LogP contribution < -0.4 is 5.32 Å². The number of nitrogens with zero attached hydrogens (tertiary/aromatic N) is 2. The third kappa shape index (κ3) is 2.67. The van der Waals surface area contributed by atoms with Gasteiger partial charge < -0.3 is 5.32 Å². The molecule has 20 heavy (non-hydrogen) atoms. The monoisotopic (exact) mass is 290 g/mol. The molecule has 1 aliphatic carbocycles. The van der Waals surface area contributed by atoms with E-state index in [2.05, 4.69) is 20.5 Å². The van der Waals surface area contributed by atoms with Gasteiger partial charge in [-0.15, -0.1) is 5.10 Å². The number of rotatable bonds is 4. The van der Waals surface area contributed by atoms with Crippen molar-refractivity contribution >= 4 is 17.5 Å². The van der Waals surface area contributed by atoms with E-state index in [-0.39, 0.29) is 17.8 Å². The third-order valence-electron chi connectivity index (χ3n) is 3.39. The number of carbonyl (C=O) groups excluding carboxylic acids is 1. The molecular formula is C14H15ClN4O. The Morgan fingerprint density at radius 3 is 2.90 bits per heavy atom. The van der Waals surface area contributed by atoms with Crippen LogP contribution >= 0.6 is 11.6 Å². The first-order chi connectivity index (χ1) is 9.65. The van der Waals surface area contributed by atoms with E-state index in [0.717, 1.165) is 24.2 Å². The SMILES string of the molecule is CC(NC(=O)c1n[nH]c(C2CC2)n1)c1ccccc1Cl. The Bertz CT molecular complexity index is 636. The molecule has 104 valence electrons. The van der Waals surface area contributed by atoms with Crippen LogP contribution in [0, 0.1) is 0 Å². The Morgan fingerprint density at radius 1 is 1.45 bits per heavy atom. The van der Waals surface area contributed by atoms with Gasteiger partial charge in [-0.3, -0.25) is 9.89 Å². The molecule has 6 heteroatoms. The molecule has 1 saturated carbocycles. The van der Waals surface area contributed by atoms with E-state index in [1.807, 2.05) is 25.1 Å². The minimum Gasteiger partial charge on any atom is -0.343 e. The molecule has 0 saturated heterocycles. The zero-order valence-corrected chi connectivity index (χ0v) is 11.8. The molecule has 3 rings (SSSR count). The number of hydrogen-bond donors (Lipinski definition) is 2. The van der Waals surface area contributed by atoms with Crippen molar-refractivity contribution in [1.82, 2.24) is 20.5 Å². The minimum absolute atomic E-state index is 0.186. The zero-order valence-electron chi connectivity index (χ0n) is 11.1. The van der Waals surface area contributed by atoms with E-state index in [1.54, 1.807) is 6.07 Å². The molecule has 5 nitrogen and oxygen atoms in total. The molecule has 0 spiro atoms. The summed E-state index contributed by atoms with van der Waals surface area (Å²) in [5.41, 5.74) is 0.875. The molecule has 1 aliphatic rings. The zero-order chi connectivity index (χ0) is 14.1. The maximum Gasteiger partial charge on any atom is 0.291 e. The first kappa shape index (κ1) is 13.1. The van der Waals surface area contributed by atoms with E-state index < -0.39 is 0 Å². The highest BCUT2D eigenvalue weighted by Crippen LogP contribution is 2.37. The maximum atomic E-state index is 12.1. The first-order valence-electron chi connectivity index (χ1n) is 6.62. The van der Waals surface area contributed by atoms with Crippen molar-refractivity contribution in [2.75, 3.05) is 0 Å². The number of carbonyl (C=O) groups is 1. The normalized spacial score (nSPS) is 15.9. The van der Waals surface area contributed by atoms with Crippen molar-refractivity contribution in [2.24, 2.45) is 0 Å². The number of nitrogens with one attached hydrogen (secondary N) is 2. The molecule has 1 fully saturated rings. The van der Waals surface area contributed by atoms with Gasteiger partial charge in [0.15, 0.2) is 0 Å². The van der Waals surface area contributed by atoms with E-state index in [1.165, 1.54) is 0 Å². The average molecular weight is 291 g/mol. The fourth-order valence-electron chi connectivity index (χ4n) is 2.08. The molecule has 0 bridgehead atoms. The maximum absolute atomic E-state index is 12.1. The second kappa shape index (κ2) is 5.25. The number of amides is 1. The van der Waals surface area contributed by atoms with Crippen LogP contribution in [-0.2, 0) is 0 Å². The largest absolute Gasteiger partial charge is 0.343 e. The molecule has 2 N–H and O–H groups in total. The Labute approximate surface area is 121 Å². The Kier molecular flexibility index (Phi) is 3.44. The lowest BCUT2D eigenvalue weighted by Crippen LogP contribution is -2.27. The van der Waals surface area contributed by atoms with Gasteiger partial charge in [-0.05, 0) is 31.4 Å². The number of benzene rings is 1. The first-order valence-corrected chi connectivity index (χ1v) is 7.00. The summed E-state index contributed by atoms with van der Waals surface area (Å²) in [5.74, 6) is 1.15. The third-order valence-corrected chi connectivity index (χ3v) is 3.73. The minimum atomic E-state index is -0.291. The van der Waals surface area contributed by atoms with Gasteiger partial charge in [0.1, 0.15) is 5.82 Å². The molecule has 1 amide bonds. The summed E-state index contributed by atoms with van der Waals surface area (Å²) in [4.78, 5) is 16.3. The summed E-state index contributed by atoms with van der Waals surface area (Å²) >= 11 is 6.11. The van der Waals surface area contributed by atoms with Gasteiger partial charge >= 0.3 is 0 Å². The average Bonchev–Trinajstić information content (AvgIpc) is 3.16. The van der Waals surface area contributed by atoms with Crippen molar-refractivity contribution in [3.63, 3.8) is 0 Å². The smallest absolute Gasteiger partial charge is 0.291 e. The second-order valence-electron chi connectivity index (χ2n) is 5.04. The molecular weight excluding hydrogens is 276 g/mol. The van der Waals surface area contributed by atoms with E-state index >= 15 is 0 Å². The van der Waals surface area contributed by atoms with E-state index in [0.29, 0.717) is 10.9 Å². The van der Waals surface area contributed by atoms with E-state index in [9.17, 15) is 4.79 Å². The number of hydrogen-bond acceptors (Lipinski definition) is 3. The summed E-state index contributed by atoms with van der Waals surface area (Å²) in [5, 5.41) is 10.3. The van der Waals surface area contributed by atoms with Crippen molar-refractivity contribution in [2.45, 2.75) is 31.7 Å². The molecule has 1 aromatic heterocycles. The van der Waals surface area contributed by atoms with Gasteiger partial charge in [-0.25, -0.2) is 4.98 Å². The lowest BCUT2D eigenvalue weighted by Gasteiger charge is -2.14. The topological polar surface area (TPSA) is 70.7 Å². The van der Waals surface area contributed by atoms with Crippen molar-refractivity contribution in [3.8, 4) is 0 Å². The fourth-order valence-corrected chi connectivity index (χ4v) is 2.38. The standard InChI is InChI=1S/C14H15ClN4O/c1-8(10-4-2-3-5-11(10)15)16-14(20)13-17-12(18-19-13)9-6-7-9/h2-5,8-9H,6-7H2,1H3,(H,16,20)(H,17,18,19). The van der Waals surface area contributed by atoms with Gasteiger partial charge in [0.25, 0.3) is 5.91 Å². The fraction of sp³-hybridized carbons (Fsp3) is 0.357. The predicted molar refractivity (Wildman–Crippen MR) is 75.7 cm³/mol. The van der Waals surface area contributed by atoms with Crippen LogP contribution in [0.5, 0.6) is 0 Å². The molecule has 0 radical (unpaired) electrons. The van der Waals surface area contributed by atoms with Crippen LogP contribution in [0.1, 0.15) is 53.7 Å². The summed E-state index contributed by atoms with van der Waals surface area (Å²) in [6, 6.07) is 7.25. The van der Waals surface area contributed by atoms with Gasteiger partial charge in [0, 0.05) is 10.9 Å². The molecule has 1 heterocycles. The predicted octanol–water partition coefficient (Wildman–Crippen LogP) is 2.83. The molecule has 1 atom stereocenters.